The molecule has 1 heterocycles. The highest BCUT2D eigenvalue weighted by atomic mass is 35.5. The lowest BCUT2D eigenvalue weighted by atomic mass is 10.2. The Hall–Kier alpha value is -1.33. The van der Waals surface area contributed by atoms with E-state index in [4.69, 9.17) is 20.8 Å². The number of hydrogen-bond donors (Lipinski definition) is 2. The van der Waals surface area contributed by atoms with Gasteiger partial charge in [-0.25, -0.2) is 0 Å². The Kier molecular flexibility index (Phi) is 6.76. The third-order valence-electron chi connectivity index (χ3n) is 3.03. The first kappa shape index (κ1) is 16.0. The summed E-state index contributed by atoms with van der Waals surface area (Å²) in [4.78, 5) is 0. The average molecular weight is 310 g/mol. The molecule has 114 valence electrons. The van der Waals surface area contributed by atoms with Crippen LogP contribution in [0.4, 0.5) is 0 Å². The maximum Gasteiger partial charge on any atom is 0.105 e. The van der Waals surface area contributed by atoms with Crippen LogP contribution in [-0.2, 0) is 17.8 Å². The van der Waals surface area contributed by atoms with E-state index >= 15 is 0 Å². The Morgan fingerprint density at radius 1 is 1.24 bits per heavy atom. The SMILES string of the molecule is OC(CNCCc1ccco1)COCc1ccccc1Cl. The zero-order valence-electron chi connectivity index (χ0n) is 11.8. The Balaban J connectivity index is 1.55. The summed E-state index contributed by atoms with van der Waals surface area (Å²) < 4.78 is 10.7. The van der Waals surface area contributed by atoms with E-state index in [-0.39, 0.29) is 6.61 Å². The minimum Gasteiger partial charge on any atom is -0.469 e. The molecule has 2 N–H and O–H groups in total. The smallest absolute Gasteiger partial charge is 0.105 e. The van der Waals surface area contributed by atoms with E-state index in [0.29, 0.717) is 18.2 Å². The second kappa shape index (κ2) is 8.85. The molecule has 1 aromatic heterocycles. The van der Waals surface area contributed by atoms with Crippen LogP contribution < -0.4 is 5.32 Å². The van der Waals surface area contributed by atoms with Gasteiger partial charge in [-0.15, -0.1) is 0 Å². The number of halogens is 1. The number of benzene rings is 1. The molecule has 0 amide bonds. The van der Waals surface area contributed by atoms with Gasteiger partial charge in [0.25, 0.3) is 0 Å². The Morgan fingerprint density at radius 2 is 2.10 bits per heavy atom. The highest BCUT2D eigenvalue weighted by Crippen LogP contribution is 2.15. The van der Waals surface area contributed by atoms with Gasteiger partial charge >= 0.3 is 0 Å². The molecule has 0 radical (unpaired) electrons. The minimum absolute atomic E-state index is 0.277. The summed E-state index contributed by atoms with van der Waals surface area (Å²) in [5.41, 5.74) is 0.928. The van der Waals surface area contributed by atoms with E-state index in [2.05, 4.69) is 5.32 Å². The van der Waals surface area contributed by atoms with Crippen molar-refractivity contribution in [3.63, 3.8) is 0 Å². The second-order valence-electron chi connectivity index (χ2n) is 4.79. The summed E-state index contributed by atoms with van der Waals surface area (Å²) in [5.74, 6) is 0.937. The van der Waals surface area contributed by atoms with Crippen LogP contribution in [0.5, 0.6) is 0 Å². The van der Waals surface area contributed by atoms with Crippen LogP contribution in [0, 0.1) is 0 Å². The Bertz CT molecular complexity index is 516. The summed E-state index contributed by atoms with van der Waals surface area (Å²) in [5, 5.41) is 13.7. The molecule has 1 aromatic carbocycles. The van der Waals surface area contributed by atoms with Crippen LogP contribution in [0.25, 0.3) is 0 Å². The molecule has 5 heteroatoms. The lowest BCUT2D eigenvalue weighted by Gasteiger charge is -2.12. The van der Waals surface area contributed by atoms with Gasteiger partial charge in [0.2, 0.25) is 0 Å². The number of furan rings is 1. The van der Waals surface area contributed by atoms with Crippen LogP contribution in [-0.4, -0.2) is 30.9 Å². The van der Waals surface area contributed by atoms with Crippen molar-refractivity contribution in [2.24, 2.45) is 0 Å². The zero-order valence-corrected chi connectivity index (χ0v) is 12.6. The van der Waals surface area contributed by atoms with Crippen LogP contribution in [0.1, 0.15) is 11.3 Å². The molecule has 2 aromatic rings. The molecule has 4 nitrogen and oxygen atoms in total. The summed E-state index contributed by atoms with van der Waals surface area (Å²) >= 11 is 6.03. The fraction of sp³-hybridized carbons (Fsp3) is 0.375. The molecule has 0 aliphatic rings. The largest absolute Gasteiger partial charge is 0.469 e. The van der Waals surface area contributed by atoms with E-state index in [1.807, 2.05) is 36.4 Å². The highest BCUT2D eigenvalue weighted by Gasteiger charge is 2.05. The Labute approximate surface area is 129 Å². The van der Waals surface area contributed by atoms with Crippen molar-refractivity contribution in [1.82, 2.24) is 5.32 Å². The number of aliphatic hydroxyl groups is 1. The number of hydrogen-bond acceptors (Lipinski definition) is 4. The molecule has 0 aliphatic heterocycles. The van der Waals surface area contributed by atoms with Gasteiger partial charge in [0.1, 0.15) is 5.76 Å². The molecule has 2 rings (SSSR count). The third kappa shape index (κ3) is 5.89. The van der Waals surface area contributed by atoms with Crippen molar-refractivity contribution in [3.8, 4) is 0 Å². The monoisotopic (exact) mass is 309 g/mol. The molecular formula is C16H20ClNO3. The van der Waals surface area contributed by atoms with Crippen molar-refractivity contribution in [2.75, 3.05) is 19.7 Å². The second-order valence-corrected chi connectivity index (χ2v) is 5.20. The van der Waals surface area contributed by atoms with E-state index in [1.165, 1.54) is 0 Å². The molecule has 21 heavy (non-hydrogen) atoms. The number of aliphatic hydroxyl groups excluding tert-OH is 1. The molecule has 1 atom stereocenters. The molecule has 0 saturated heterocycles. The summed E-state index contributed by atoms with van der Waals surface area (Å²) in [6.07, 6.45) is 1.93. The van der Waals surface area contributed by atoms with Crippen molar-refractivity contribution in [3.05, 3.63) is 59.0 Å². The standard InChI is InChI=1S/C16H20ClNO3/c17-16-6-2-1-4-13(16)11-20-12-14(19)10-18-8-7-15-5-3-9-21-15/h1-6,9,14,18-19H,7-8,10-12H2. The van der Waals surface area contributed by atoms with E-state index in [9.17, 15) is 5.11 Å². The molecule has 0 saturated carbocycles. The van der Waals surface area contributed by atoms with Gasteiger partial charge < -0.3 is 19.6 Å². The lowest BCUT2D eigenvalue weighted by Crippen LogP contribution is -2.31. The highest BCUT2D eigenvalue weighted by molar-refractivity contribution is 6.31. The summed E-state index contributed by atoms with van der Waals surface area (Å²) in [7, 11) is 0. The normalized spacial score (nSPS) is 12.5. The molecule has 0 spiro atoms. The first-order chi connectivity index (χ1) is 10.3. The first-order valence-corrected chi connectivity index (χ1v) is 7.36. The van der Waals surface area contributed by atoms with Crippen molar-refractivity contribution in [1.29, 1.82) is 0 Å². The van der Waals surface area contributed by atoms with Crippen molar-refractivity contribution in [2.45, 2.75) is 19.1 Å². The first-order valence-electron chi connectivity index (χ1n) is 6.98. The van der Waals surface area contributed by atoms with Gasteiger partial charge in [-0.3, -0.25) is 0 Å². The van der Waals surface area contributed by atoms with Gasteiger partial charge in [-0.1, -0.05) is 29.8 Å². The van der Waals surface area contributed by atoms with Gasteiger partial charge in [0, 0.05) is 24.5 Å². The van der Waals surface area contributed by atoms with E-state index in [1.54, 1.807) is 6.26 Å². The molecular weight excluding hydrogens is 290 g/mol. The average Bonchev–Trinajstić information content (AvgIpc) is 2.99. The lowest BCUT2D eigenvalue weighted by molar-refractivity contribution is 0.0290. The van der Waals surface area contributed by atoms with Crippen molar-refractivity contribution >= 4 is 11.6 Å². The summed E-state index contributed by atoms with van der Waals surface area (Å²) in [6, 6.07) is 11.3. The maximum absolute atomic E-state index is 9.81. The van der Waals surface area contributed by atoms with Crippen molar-refractivity contribution < 1.29 is 14.3 Å². The van der Waals surface area contributed by atoms with Crippen LogP contribution in [0.3, 0.4) is 0 Å². The Morgan fingerprint density at radius 3 is 2.86 bits per heavy atom. The van der Waals surface area contributed by atoms with Gasteiger partial charge in [-0.2, -0.15) is 0 Å². The van der Waals surface area contributed by atoms with Crippen LogP contribution >= 0.6 is 11.6 Å². The predicted molar refractivity (Wildman–Crippen MR) is 82.4 cm³/mol. The van der Waals surface area contributed by atoms with Crippen LogP contribution in [0.15, 0.2) is 47.1 Å². The maximum atomic E-state index is 9.81. The molecule has 0 fully saturated rings. The summed E-state index contributed by atoms with van der Waals surface area (Å²) in [6.45, 7) is 1.93. The fourth-order valence-corrected chi connectivity index (χ4v) is 2.10. The minimum atomic E-state index is -0.538. The topological polar surface area (TPSA) is 54.6 Å². The van der Waals surface area contributed by atoms with Gasteiger partial charge in [0.05, 0.1) is 25.6 Å². The third-order valence-corrected chi connectivity index (χ3v) is 3.40. The van der Waals surface area contributed by atoms with E-state index < -0.39 is 6.10 Å². The van der Waals surface area contributed by atoms with E-state index in [0.717, 1.165) is 24.3 Å². The molecule has 1 unspecified atom stereocenters. The van der Waals surface area contributed by atoms with Gasteiger partial charge in [0.15, 0.2) is 0 Å². The quantitative estimate of drug-likeness (QED) is 0.699. The fourth-order valence-electron chi connectivity index (χ4n) is 1.91. The number of nitrogens with one attached hydrogen (secondary N) is 1. The number of rotatable bonds is 9. The molecule has 0 aliphatic carbocycles. The number of ether oxygens (including phenoxy) is 1. The van der Waals surface area contributed by atoms with Crippen LogP contribution in [0.2, 0.25) is 5.02 Å². The van der Waals surface area contributed by atoms with Gasteiger partial charge in [-0.05, 0) is 23.8 Å². The molecule has 0 bridgehead atoms. The predicted octanol–water partition coefficient (Wildman–Crippen LogP) is 2.64. The zero-order chi connectivity index (χ0) is 14.9.